The molecule has 27 heavy (non-hydrogen) atoms. The number of fused-ring (bicyclic) bond motifs is 1. The number of carbonyl (C=O) groups is 1. The average Bonchev–Trinajstić information content (AvgIpc) is 2.84. The number of rotatable bonds is 3. The molecule has 1 N–H and O–H groups in total. The lowest BCUT2D eigenvalue weighted by molar-refractivity contribution is -0.192. The summed E-state index contributed by atoms with van der Waals surface area (Å²) in [7, 11) is 4.09. The Bertz CT molecular complexity index is 750. The molecule has 9 nitrogen and oxygen atoms in total. The molecular weight excluding hydrogens is 367 g/mol. The predicted molar refractivity (Wildman–Crippen MR) is 89.1 cm³/mol. The molecule has 1 aliphatic heterocycles. The van der Waals surface area contributed by atoms with Crippen molar-refractivity contribution < 1.29 is 23.1 Å². The SMILES string of the molecule is CN(C)Cc1nnc2n1CCN(c1cnccn1)CC2.O=C(O)C(F)(F)F. The first-order valence-electron chi connectivity index (χ1n) is 8.05. The van der Waals surface area contributed by atoms with Gasteiger partial charge in [-0.2, -0.15) is 13.2 Å². The van der Waals surface area contributed by atoms with Crippen molar-refractivity contribution in [2.45, 2.75) is 25.7 Å². The topological polar surface area (TPSA) is 100 Å². The van der Waals surface area contributed by atoms with Crippen LogP contribution in [0, 0.1) is 0 Å². The van der Waals surface area contributed by atoms with E-state index in [0.717, 1.165) is 50.1 Å². The van der Waals surface area contributed by atoms with E-state index in [9.17, 15) is 13.2 Å². The van der Waals surface area contributed by atoms with Crippen LogP contribution in [-0.2, 0) is 24.3 Å². The maximum absolute atomic E-state index is 10.6. The summed E-state index contributed by atoms with van der Waals surface area (Å²) in [6.07, 6.45) is 1.05. The molecule has 0 aliphatic carbocycles. The average molecular weight is 387 g/mol. The molecule has 2 aromatic heterocycles. The first-order chi connectivity index (χ1) is 12.7. The Labute approximate surface area is 153 Å². The van der Waals surface area contributed by atoms with Crippen LogP contribution in [0.2, 0.25) is 0 Å². The molecule has 148 valence electrons. The molecule has 3 heterocycles. The van der Waals surface area contributed by atoms with Gasteiger partial charge in [-0.25, -0.2) is 9.78 Å². The standard InChI is InChI=1S/C13H19N7.C2HF3O2/c1-18(2)10-13-17-16-11-3-6-19(7-8-20(11)13)12-9-14-4-5-15-12;3-2(4,5)1(6)7/h4-5,9H,3,6-8,10H2,1-2H3;(H,6,7). The van der Waals surface area contributed by atoms with Gasteiger partial charge in [0.2, 0.25) is 0 Å². The number of nitrogens with zero attached hydrogens (tertiary/aromatic N) is 7. The fraction of sp³-hybridized carbons (Fsp3) is 0.533. The molecule has 12 heteroatoms. The molecule has 0 unspecified atom stereocenters. The zero-order valence-electron chi connectivity index (χ0n) is 14.9. The van der Waals surface area contributed by atoms with Crippen molar-refractivity contribution in [2.24, 2.45) is 0 Å². The molecule has 0 saturated carbocycles. The van der Waals surface area contributed by atoms with Crippen LogP contribution in [0.15, 0.2) is 18.6 Å². The van der Waals surface area contributed by atoms with Crippen LogP contribution in [0.4, 0.5) is 19.0 Å². The van der Waals surface area contributed by atoms with E-state index in [0.29, 0.717) is 0 Å². The molecule has 0 spiro atoms. The van der Waals surface area contributed by atoms with Crippen molar-refractivity contribution in [3.05, 3.63) is 30.2 Å². The van der Waals surface area contributed by atoms with Gasteiger partial charge in [0.05, 0.1) is 12.7 Å². The second kappa shape index (κ2) is 8.75. The number of carboxylic acids is 1. The van der Waals surface area contributed by atoms with Gasteiger partial charge in [0.25, 0.3) is 0 Å². The van der Waals surface area contributed by atoms with Gasteiger partial charge in [-0.15, -0.1) is 10.2 Å². The molecule has 0 amide bonds. The number of alkyl halides is 3. The van der Waals surface area contributed by atoms with E-state index in [1.165, 1.54) is 0 Å². The summed E-state index contributed by atoms with van der Waals surface area (Å²) < 4.78 is 34.0. The van der Waals surface area contributed by atoms with Crippen LogP contribution in [0.25, 0.3) is 0 Å². The Morgan fingerprint density at radius 3 is 2.48 bits per heavy atom. The molecule has 0 saturated heterocycles. The number of halogens is 3. The Balaban J connectivity index is 0.000000321. The number of hydrogen-bond donors (Lipinski definition) is 1. The van der Waals surface area contributed by atoms with E-state index < -0.39 is 12.1 Å². The summed E-state index contributed by atoms with van der Waals surface area (Å²) in [6, 6.07) is 0. The van der Waals surface area contributed by atoms with E-state index >= 15 is 0 Å². The smallest absolute Gasteiger partial charge is 0.475 e. The van der Waals surface area contributed by atoms with E-state index in [1.807, 2.05) is 20.3 Å². The van der Waals surface area contributed by atoms with Crippen molar-refractivity contribution in [3.8, 4) is 0 Å². The van der Waals surface area contributed by atoms with Crippen LogP contribution >= 0.6 is 0 Å². The van der Waals surface area contributed by atoms with Crippen molar-refractivity contribution in [1.82, 2.24) is 29.6 Å². The predicted octanol–water partition coefficient (Wildman–Crippen LogP) is 0.826. The van der Waals surface area contributed by atoms with Crippen molar-refractivity contribution in [2.75, 3.05) is 32.1 Å². The highest BCUT2D eigenvalue weighted by Crippen LogP contribution is 2.15. The molecule has 0 radical (unpaired) electrons. The Morgan fingerprint density at radius 2 is 1.93 bits per heavy atom. The number of anilines is 1. The normalized spacial score (nSPS) is 14.2. The Morgan fingerprint density at radius 1 is 1.22 bits per heavy atom. The van der Waals surface area contributed by atoms with Gasteiger partial charge < -0.3 is 19.5 Å². The fourth-order valence-electron chi connectivity index (χ4n) is 2.47. The number of carboxylic acid groups (broad SMARTS) is 1. The highest BCUT2D eigenvalue weighted by atomic mass is 19.4. The lowest BCUT2D eigenvalue weighted by atomic mass is 10.4. The highest BCUT2D eigenvalue weighted by Gasteiger charge is 2.38. The minimum absolute atomic E-state index is 0.818. The van der Waals surface area contributed by atoms with E-state index in [4.69, 9.17) is 9.90 Å². The quantitative estimate of drug-likeness (QED) is 0.827. The van der Waals surface area contributed by atoms with Gasteiger partial charge in [-0.05, 0) is 14.1 Å². The van der Waals surface area contributed by atoms with Crippen LogP contribution < -0.4 is 4.90 Å². The molecule has 0 bridgehead atoms. The monoisotopic (exact) mass is 387 g/mol. The van der Waals surface area contributed by atoms with E-state index in [1.54, 1.807) is 12.4 Å². The molecule has 1 aliphatic rings. The summed E-state index contributed by atoms with van der Waals surface area (Å²) in [5.41, 5.74) is 0. The van der Waals surface area contributed by atoms with Crippen LogP contribution in [-0.4, -0.2) is 74.1 Å². The van der Waals surface area contributed by atoms with Crippen molar-refractivity contribution in [3.63, 3.8) is 0 Å². The Hall–Kier alpha value is -2.76. The van der Waals surface area contributed by atoms with E-state index in [2.05, 4.69) is 34.5 Å². The zero-order valence-corrected chi connectivity index (χ0v) is 14.9. The summed E-state index contributed by atoms with van der Waals surface area (Å²) in [6.45, 7) is 3.52. The Kier molecular flexibility index (Phi) is 6.66. The van der Waals surface area contributed by atoms with E-state index in [-0.39, 0.29) is 0 Å². The molecular formula is C15H20F3N7O2. The fourth-order valence-corrected chi connectivity index (χ4v) is 2.47. The van der Waals surface area contributed by atoms with Gasteiger partial charge in [0.1, 0.15) is 17.5 Å². The highest BCUT2D eigenvalue weighted by molar-refractivity contribution is 5.73. The third kappa shape index (κ3) is 5.88. The second-order valence-corrected chi connectivity index (χ2v) is 6.03. The second-order valence-electron chi connectivity index (χ2n) is 6.03. The van der Waals surface area contributed by atoms with Crippen LogP contribution in [0.3, 0.4) is 0 Å². The minimum Gasteiger partial charge on any atom is -0.475 e. The maximum Gasteiger partial charge on any atom is 0.490 e. The summed E-state index contributed by atoms with van der Waals surface area (Å²) in [5.74, 6) is 0.270. The van der Waals surface area contributed by atoms with Gasteiger partial charge in [0, 0.05) is 38.4 Å². The van der Waals surface area contributed by atoms with Crippen molar-refractivity contribution in [1.29, 1.82) is 0 Å². The van der Waals surface area contributed by atoms with Gasteiger partial charge >= 0.3 is 12.1 Å². The van der Waals surface area contributed by atoms with Gasteiger partial charge in [0.15, 0.2) is 0 Å². The number of aromatic nitrogens is 5. The molecule has 3 rings (SSSR count). The summed E-state index contributed by atoms with van der Waals surface area (Å²) in [5, 5.41) is 15.7. The lowest BCUT2D eigenvalue weighted by Gasteiger charge is -2.20. The third-order valence-electron chi connectivity index (χ3n) is 3.68. The zero-order chi connectivity index (χ0) is 20.0. The first kappa shape index (κ1) is 20.6. The molecule has 2 aromatic rings. The molecule has 0 fully saturated rings. The lowest BCUT2D eigenvalue weighted by Crippen LogP contribution is -2.28. The van der Waals surface area contributed by atoms with Gasteiger partial charge in [-0.1, -0.05) is 0 Å². The first-order valence-corrected chi connectivity index (χ1v) is 8.05. The van der Waals surface area contributed by atoms with Crippen molar-refractivity contribution >= 4 is 11.8 Å². The van der Waals surface area contributed by atoms with Gasteiger partial charge in [-0.3, -0.25) is 4.98 Å². The third-order valence-corrected chi connectivity index (χ3v) is 3.68. The minimum atomic E-state index is -5.08. The summed E-state index contributed by atoms with van der Waals surface area (Å²) in [4.78, 5) is 21.8. The number of aliphatic carboxylic acids is 1. The summed E-state index contributed by atoms with van der Waals surface area (Å²) >= 11 is 0. The number of hydrogen-bond acceptors (Lipinski definition) is 7. The largest absolute Gasteiger partial charge is 0.490 e. The molecule has 0 aromatic carbocycles. The maximum atomic E-state index is 10.6. The van der Waals surface area contributed by atoms with Crippen LogP contribution in [0.5, 0.6) is 0 Å². The van der Waals surface area contributed by atoms with Crippen LogP contribution in [0.1, 0.15) is 11.6 Å². The molecule has 0 atom stereocenters.